The Bertz CT molecular complexity index is 552. The van der Waals surface area contributed by atoms with Crippen LogP contribution in [0.1, 0.15) is 30.9 Å². The average molecular weight is 313 g/mol. The summed E-state index contributed by atoms with van der Waals surface area (Å²) in [5.74, 6) is -0.436. The van der Waals surface area contributed by atoms with Gasteiger partial charge in [-0.3, -0.25) is 4.79 Å². The molecular weight excluding hydrogens is 290 g/mol. The molecule has 0 fully saturated rings. The molecule has 0 saturated carbocycles. The molecule has 0 saturated heterocycles. The third-order valence-electron chi connectivity index (χ3n) is 3.32. The summed E-state index contributed by atoms with van der Waals surface area (Å²) >= 11 is 0. The Morgan fingerprint density at radius 2 is 1.76 bits per heavy atom. The maximum Gasteiger partial charge on any atom is 0.305 e. The molecule has 1 rings (SSSR count). The lowest BCUT2D eigenvalue weighted by Gasteiger charge is -2.17. The standard InChI is InChI=1S/C15H23NO4S/c1-4-13-7-9-14(10-8-13)12-16(2)21(18,19)11-5-6-15(17)20-3/h7-10H,4-6,11-12H2,1-3H3. The van der Waals surface area contributed by atoms with Crippen LogP contribution in [0.25, 0.3) is 0 Å². The van der Waals surface area contributed by atoms with Crippen LogP contribution in [-0.2, 0) is 32.5 Å². The average Bonchev–Trinajstić information content (AvgIpc) is 2.47. The normalized spacial score (nSPS) is 11.6. The predicted octanol–water partition coefficient (Wildman–Crippen LogP) is 1.96. The van der Waals surface area contributed by atoms with Gasteiger partial charge < -0.3 is 4.74 Å². The molecule has 5 nitrogen and oxygen atoms in total. The fourth-order valence-corrected chi connectivity index (χ4v) is 3.06. The molecule has 0 aliphatic carbocycles. The number of sulfonamides is 1. The van der Waals surface area contributed by atoms with Gasteiger partial charge in [-0.15, -0.1) is 0 Å². The third kappa shape index (κ3) is 5.85. The van der Waals surface area contributed by atoms with E-state index in [4.69, 9.17) is 0 Å². The zero-order valence-electron chi connectivity index (χ0n) is 12.8. The largest absolute Gasteiger partial charge is 0.469 e. The number of esters is 1. The van der Waals surface area contributed by atoms with Gasteiger partial charge in [0.2, 0.25) is 10.0 Å². The monoisotopic (exact) mass is 313 g/mol. The maximum absolute atomic E-state index is 12.1. The van der Waals surface area contributed by atoms with Gasteiger partial charge in [0, 0.05) is 20.0 Å². The first-order chi connectivity index (χ1) is 9.89. The van der Waals surface area contributed by atoms with Crippen LogP contribution < -0.4 is 0 Å². The lowest BCUT2D eigenvalue weighted by atomic mass is 10.1. The predicted molar refractivity (Wildman–Crippen MR) is 82.3 cm³/mol. The smallest absolute Gasteiger partial charge is 0.305 e. The number of rotatable bonds is 8. The second kappa shape index (κ2) is 8.14. The van der Waals surface area contributed by atoms with Crippen LogP contribution in [0.3, 0.4) is 0 Å². The Labute approximate surface area is 127 Å². The van der Waals surface area contributed by atoms with E-state index in [1.807, 2.05) is 24.3 Å². The van der Waals surface area contributed by atoms with E-state index in [0.717, 1.165) is 12.0 Å². The van der Waals surface area contributed by atoms with Crippen molar-refractivity contribution in [2.75, 3.05) is 19.9 Å². The summed E-state index contributed by atoms with van der Waals surface area (Å²) in [6.45, 7) is 2.41. The van der Waals surface area contributed by atoms with Crippen molar-refractivity contribution < 1.29 is 17.9 Å². The summed E-state index contributed by atoms with van der Waals surface area (Å²) in [6.07, 6.45) is 1.35. The molecule has 118 valence electrons. The molecule has 1 aromatic rings. The fraction of sp³-hybridized carbons (Fsp3) is 0.533. The molecule has 0 radical (unpaired) electrons. The van der Waals surface area contributed by atoms with Gasteiger partial charge >= 0.3 is 5.97 Å². The summed E-state index contributed by atoms with van der Waals surface area (Å²) in [5, 5.41) is 0. The zero-order chi connectivity index (χ0) is 15.9. The first-order valence-electron chi connectivity index (χ1n) is 6.97. The molecule has 6 heteroatoms. The SMILES string of the molecule is CCc1ccc(CN(C)S(=O)(=O)CCCC(=O)OC)cc1. The number of hydrogen-bond acceptors (Lipinski definition) is 4. The highest BCUT2D eigenvalue weighted by atomic mass is 32.2. The number of carbonyl (C=O) groups excluding carboxylic acids is 1. The van der Waals surface area contributed by atoms with Crippen molar-refractivity contribution in [2.24, 2.45) is 0 Å². The van der Waals surface area contributed by atoms with Crippen LogP contribution in [-0.4, -0.2) is 38.6 Å². The van der Waals surface area contributed by atoms with Gasteiger partial charge in [0.25, 0.3) is 0 Å². The van der Waals surface area contributed by atoms with Crippen LogP contribution in [0, 0.1) is 0 Å². The molecule has 0 bridgehead atoms. The van der Waals surface area contributed by atoms with Gasteiger partial charge in [-0.1, -0.05) is 31.2 Å². The van der Waals surface area contributed by atoms with Crippen molar-refractivity contribution >= 4 is 16.0 Å². The van der Waals surface area contributed by atoms with Crippen LogP contribution in [0.5, 0.6) is 0 Å². The topological polar surface area (TPSA) is 63.7 Å². The highest BCUT2D eigenvalue weighted by Crippen LogP contribution is 2.11. The number of methoxy groups -OCH3 is 1. The summed E-state index contributed by atoms with van der Waals surface area (Å²) < 4.78 is 30.0. The van der Waals surface area contributed by atoms with E-state index in [1.165, 1.54) is 17.0 Å². The molecule has 0 aromatic heterocycles. The molecule has 21 heavy (non-hydrogen) atoms. The van der Waals surface area contributed by atoms with E-state index in [2.05, 4.69) is 11.7 Å². The van der Waals surface area contributed by atoms with Crippen molar-refractivity contribution in [3.05, 3.63) is 35.4 Å². The van der Waals surface area contributed by atoms with E-state index in [0.29, 0.717) is 6.54 Å². The molecule has 0 N–H and O–H groups in total. The molecule has 0 spiro atoms. The van der Waals surface area contributed by atoms with E-state index in [-0.39, 0.29) is 24.6 Å². The van der Waals surface area contributed by atoms with Gasteiger partial charge in [-0.05, 0) is 24.0 Å². The highest BCUT2D eigenvalue weighted by molar-refractivity contribution is 7.89. The van der Waals surface area contributed by atoms with E-state index in [1.54, 1.807) is 7.05 Å². The number of hydrogen-bond donors (Lipinski definition) is 0. The van der Waals surface area contributed by atoms with E-state index < -0.39 is 10.0 Å². The van der Waals surface area contributed by atoms with Crippen molar-refractivity contribution in [3.8, 4) is 0 Å². The minimum absolute atomic E-state index is 0.0500. The number of benzene rings is 1. The molecule has 0 heterocycles. The Morgan fingerprint density at radius 1 is 1.19 bits per heavy atom. The lowest BCUT2D eigenvalue weighted by Crippen LogP contribution is -2.29. The number of carbonyl (C=O) groups is 1. The highest BCUT2D eigenvalue weighted by Gasteiger charge is 2.18. The molecule has 0 atom stereocenters. The molecule has 1 aromatic carbocycles. The van der Waals surface area contributed by atoms with Gasteiger partial charge in [-0.25, -0.2) is 12.7 Å². The second-order valence-corrected chi connectivity index (χ2v) is 7.12. The van der Waals surface area contributed by atoms with Crippen molar-refractivity contribution in [2.45, 2.75) is 32.7 Å². The molecular formula is C15H23NO4S. The fourth-order valence-electron chi connectivity index (χ4n) is 1.89. The molecule has 0 aliphatic rings. The Balaban J connectivity index is 2.55. The lowest BCUT2D eigenvalue weighted by molar-refractivity contribution is -0.140. The summed E-state index contributed by atoms with van der Waals surface area (Å²) in [4.78, 5) is 11.0. The van der Waals surface area contributed by atoms with Gasteiger partial charge in [0.05, 0.1) is 12.9 Å². The second-order valence-electron chi connectivity index (χ2n) is 4.92. The van der Waals surface area contributed by atoms with Crippen molar-refractivity contribution in [3.63, 3.8) is 0 Å². The van der Waals surface area contributed by atoms with Crippen LogP contribution in [0.15, 0.2) is 24.3 Å². The van der Waals surface area contributed by atoms with E-state index >= 15 is 0 Å². The molecule has 0 amide bonds. The summed E-state index contributed by atoms with van der Waals surface area (Å²) in [5.41, 5.74) is 2.17. The quantitative estimate of drug-likeness (QED) is 0.688. The molecule has 0 aliphatic heterocycles. The zero-order valence-corrected chi connectivity index (χ0v) is 13.6. The van der Waals surface area contributed by atoms with Crippen LogP contribution in [0.4, 0.5) is 0 Å². The maximum atomic E-state index is 12.1. The van der Waals surface area contributed by atoms with Gasteiger partial charge in [0.1, 0.15) is 0 Å². The minimum Gasteiger partial charge on any atom is -0.469 e. The van der Waals surface area contributed by atoms with Gasteiger partial charge in [0.15, 0.2) is 0 Å². The Hall–Kier alpha value is -1.40. The third-order valence-corrected chi connectivity index (χ3v) is 5.21. The Kier molecular flexibility index (Phi) is 6.84. The van der Waals surface area contributed by atoms with Crippen molar-refractivity contribution in [1.29, 1.82) is 0 Å². The first kappa shape index (κ1) is 17.7. The number of aryl methyl sites for hydroxylation is 1. The number of ether oxygens (including phenoxy) is 1. The van der Waals surface area contributed by atoms with Crippen LogP contribution in [0.2, 0.25) is 0 Å². The minimum atomic E-state index is -3.35. The van der Waals surface area contributed by atoms with Gasteiger partial charge in [-0.2, -0.15) is 0 Å². The first-order valence-corrected chi connectivity index (χ1v) is 8.58. The number of nitrogens with zero attached hydrogens (tertiary/aromatic N) is 1. The summed E-state index contributed by atoms with van der Waals surface area (Å²) in [7, 11) is -0.501. The van der Waals surface area contributed by atoms with E-state index in [9.17, 15) is 13.2 Å². The van der Waals surface area contributed by atoms with Crippen molar-refractivity contribution in [1.82, 2.24) is 4.31 Å². The Morgan fingerprint density at radius 3 is 2.29 bits per heavy atom. The van der Waals surface area contributed by atoms with Crippen LogP contribution >= 0.6 is 0 Å². The summed E-state index contributed by atoms with van der Waals surface area (Å²) in [6, 6.07) is 7.90. The molecule has 0 unspecified atom stereocenters.